The number of aliphatic carboxylic acids is 1. The molecule has 0 radical (unpaired) electrons. The molecule has 2 amide bonds. The van der Waals surface area contributed by atoms with Gasteiger partial charge in [0, 0.05) is 12.6 Å². The fourth-order valence-corrected chi connectivity index (χ4v) is 2.26. The summed E-state index contributed by atoms with van der Waals surface area (Å²) in [5.74, 6) is -0.924. The number of urea groups is 1. The van der Waals surface area contributed by atoms with Crippen molar-refractivity contribution in [2.45, 2.75) is 31.7 Å². The molecule has 8 nitrogen and oxygen atoms in total. The molecule has 1 fully saturated rings. The van der Waals surface area contributed by atoms with Crippen LogP contribution in [-0.2, 0) is 14.8 Å². The first-order valence-electron chi connectivity index (χ1n) is 6.04. The normalized spacial score (nSPS) is 16.7. The van der Waals surface area contributed by atoms with Gasteiger partial charge in [0.05, 0.1) is 12.2 Å². The molecule has 1 atom stereocenters. The first kappa shape index (κ1) is 15.7. The summed E-state index contributed by atoms with van der Waals surface area (Å²) in [5.41, 5.74) is 0. The van der Waals surface area contributed by atoms with Gasteiger partial charge in [0.1, 0.15) is 0 Å². The lowest BCUT2D eigenvalue weighted by Gasteiger charge is -2.16. The van der Waals surface area contributed by atoms with Crippen molar-refractivity contribution in [3.63, 3.8) is 0 Å². The van der Waals surface area contributed by atoms with Gasteiger partial charge < -0.3 is 15.7 Å². The smallest absolute Gasteiger partial charge is 0.315 e. The van der Waals surface area contributed by atoms with Crippen LogP contribution in [0.5, 0.6) is 0 Å². The molecular formula is C10H19N3O5S. The number of carbonyl (C=O) groups excluding carboxylic acids is 1. The van der Waals surface area contributed by atoms with Crippen molar-refractivity contribution in [2.24, 2.45) is 11.1 Å². The number of amides is 2. The van der Waals surface area contributed by atoms with Crippen molar-refractivity contribution in [3.8, 4) is 0 Å². The van der Waals surface area contributed by atoms with Crippen LogP contribution in [0, 0.1) is 5.92 Å². The number of rotatable bonds is 8. The van der Waals surface area contributed by atoms with E-state index in [0.29, 0.717) is 0 Å². The largest absolute Gasteiger partial charge is 0.481 e. The lowest BCUT2D eigenvalue weighted by molar-refractivity contribution is -0.137. The molecule has 0 bridgehead atoms. The SMILES string of the molecule is NS(=O)(=O)CCCNC(=O)NC(CC(=O)O)C1CC1. The van der Waals surface area contributed by atoms with Crippen LogP contribution in [-0.4, -0.2) is 43.9 Å². The summed E-state index contributed by atoms with van der Waals surface area (Å²) in [6.07, 6.45) is 1.96. The lowest BCUT2D eigenvalue weighted by Crippen LogP contribution is -2.44. The van der Waals surface area contributed by atoms with Crippen molar-refractivity contribution in [1.82, 2.24) is 10.6 Å². The molecule has 19 heavy (non-hydrogen) atoms. The molecule has 0 aliphatic heterocycles. The van der Waals surface area contributed by atoms with Gasteiger partial charge in [0.25, 0.3) is 0 Å². The first-order chi connectivity index (χ1) is 8.78. The maximum absolute atomic E-state index is 11.5. The van der Waals surface area contributed by atoms with E-state index in [2.05, 4.69) is 10.6 Å². The minimum Gasteiger partial charge on any atom is -0.481 e. The number of carboxylic acid groups (broad SMARTS) is 1. The van der Waals surface area contributed by atoms with Crippen molar-refractivity contribution in [2.75, 3.05) is 12.3 Å². The van der Waals surface area contributed by atoms with E-state index in [0.717, 1.165) is 12.8 Å². The fraction of sp³-hybridized carbons (Fsp3) is 0.800. The van der Waals surface area contributed by atoms with E-state index in [9.17, 15) is 18.0 Å². The average Bonchev–Trinajstić information content (AvgIpc) is 3.05. The zero-order valence-electron chi connectivity index (χ0n) is 10.5. The second-order valence-electron chi connectivity index (χ2n) is 4.66. The number of hydrogen-bond acceptors (Lipinski definition) is 4. The number of primary sulfonamides is 1. The molecule has 1 unspecified atom stereocenters. The number of sulfonamides is 1. The highest BCUT2D eigenvalue weighted by Gasteiger charge is 2.33. The summed E-state index contributed by atoms with van der Waals surface area (Å²) in [7, 11) is -3.51. The Labute approximate surface area is 111 Å². The van der Waals surface area contributed by atoms with Crippen molar-refractivity contribution in [1.29, 1.82) is 0 Å². The van der Waals surface area contributed by atoms with Gasteiger partial charge in [0.2, 0.25) is 10.0 Å². The van der Waals surface area contributed by atoms with E-state index in [1.165, 1.54) is 0 Å². The molecular weight excluding hydrogens is 274 g/mol. The molecule has 0 saturated heterocycles. The highest BCUT2D eigenvalue weighted by molar-refractivity contribution is 7.89. The molecule has 9 heteroatoms. The Hall–Kier alpha value is -1.35. The van der Waals surface area contributed by atoms with Crippen molar-refractivity contribution in [3.05, 3.63) is 0 Å². The summed E-state index contributed by atoms with van der Waals surface area (Å²) in [6, 6.07) is -0.844. The second kappa shape index (κ2) is 6.71. The predicted molar refractivity (Wildman–Crippen MR) is 67.9 cm³/mol. The molecule has 0 spiro atoms. The third kappa shape index (κ3) is 7.62. The van der Waals surface area contributed by atoms with Crippen LogP contribution in [0.25, 0.3) is 0 Å². The zero-order chi connectivity index (χ0) is 14.5. The molecule has 0 aromatic rings. The number of nitrogens with one attached hydrogen (secondary N) is 2. The quantitative estimate of drug-likeness (QED) is 0.435. The summed E-state index contributed by atoms with van der Waals surface area (Å²) in [4.78, 5) is 22.1. The van der Waals surface area contributed by atoms with Gasteiger partial charge >= 0.3 is 12.0 Å². The standard InChI is InChI=1S/C10H19N3O5S/c11-19(17,18)5-1-4-12-10(16)13-8(6-9(14)15)7-2-3-7/h7-8H,1-6H2,(H,14,15)(H2,11,17,18)(H2,12,13,16). The van der Waals surface area contributed by atoms with Crippen LogP contribution in [0.4, 0.5) is 4.79 Å². The summed E-state index contributed by atoms with van der Waals surface area (Å²) >= 11 is 0. The molecule has 5 N–H and O–H groups in total. The maximum atomic E-state index is 11.5. The molecule has 1 aliphatic rings. The molecule has 1 rings (SSSR count). The summed E-state index contributed by atoms with van der Waals surface area (Å²) < 4.78 is 21.3. The maximum Gasteiger partial charge on any atom is 0.315 e. The third-order valence-corrected chi connectivity index (χ3v) is 3.65. The van der Waals surface area contributed by atoms with Gasteiger partial charge in [-0.1, -0.05) is 0 Å². The molecule has 1 aliphatic carbocycles. The highest BCUT2D eigenvalue weighted by atomic mass is 32.2. The predicted octanol–water partition coefficient (Wildman–Crippen LogP) is -0.782. The van der Waals surface area contributed by atoms with Crippen LogP contribution >= 0.6 is 0 Å². The molecule has 0 aromatic carbocycles. The number of hydrogen-bond donors (Lipinski definition) is 4. The Balaban J connectivity index is 2.23. The van der Waals surface area contributed by atoms with E-state index >= 15 is 0 Å². The summed E-state index contributed by atoms with van der Waals surface area (Å²) in [5, 5.41) is 18.6. The molecule has 1 saturated carbocycles. The van der Waals surface area contributed by atoms with Crippen LogP contribution in [0.3, 0.4) is 0 Å². The summed E-state index contributed by atoms with van der Waals surface area (Å²) in [6.45, 7) is 0.173. The topological polar surface area (TPSA) is 139 Å². The van der Waals surface area contributed by atoms with Crippen LogP contribution < -0.4 is 15.8 Å². The Morgan fingerprint density at radius 1 is 1.37 bits per heavy atom. The first-order valence-corrected chi connectivity index (χ1v) is 7.76. The lowest BCUT2D eigenvalue weighted by atomic mass is 10.1. The number of carboxylic acids is 1. The van der Waals surface area contributed by atoms with Gasteiger partial charge in [-0.25, -0.2) is 18.4 Å². The van der Waals surface area contributed by atoms with Gasteiger partial charge in [-0.3, -0.25) is 4.79 Å². The van der Waals surface area contributed by atoms with Gasteiger partial charge in [-0.2, -0.15) is 0 Å². The molecule has 110 valence electrons. The zero-order valence-corrected chi connectivity index (χ0v) is 11.3. The van der Waals surface area contributed by atoms with Gasteiger partial charge in [-0.05, 0) is 25.2 Å². The average molecular weight is 293 g/mol. The monoisotopic (exact) mass is 293 g/mol. The van der Waals surface area contributed by atoms with E-state index in [4.69, 9.17) is 10.2 Å². The van der Waals surface area contributed by atoms with Gasteiger partial charge in [0.15, 0.2) is 0 Å². The third-order valence-electron chi connectivity index (χ3n) is 2.79. The Kier molecular flexibility index (Phi) is 5.55. The second-order valence-corrected chi connectivity index (χ2v) is 6.40. The minimum absolute atomic E-state index is 0.102. The van der Waals surface area contributed by atoms with Crippen molar-refractivity contribution < 1.29 is 23.1 Å². The van der Waals surface area contributed by atoms with E-state index < -0.39 is 22.0 Å². The van der Waals surface area contributed by atoms with Crippen LogP contribution in [0.15, 0.2) is 0 Å². The minimum atomic E-state index is -3.51. The number of carbonyl (C=O) groups is 2. The van der Waals surface area contributed by atoms with E-state index in [1.807, 2.05) is 0 Å². The van der Waals surface area contributed by atoms with Crippen LogP contribution in [0.1, 0.15) is 25.7 Å². The highest BCUT2D eigenvalue weighted by Crippen LogP contribution is 2.33. The van der Waals surface area contributed by atoms with Gasteiger partial charge in [-0.15, -0.1) is 0 Å². The van der Waals surface area contributed by atoms with E-state index in [1.54, 1.807) is 0 Å². The Bertz CT molecular complexity index is 432. The Morgan fingerprint density at radius 2 is 2.00 bits per heavy atom. The Morgan fingerprint density at radius 3 is 2.47 bits per heavy atom. The molecule has 0 aromatic heterocycles. The fourth-order valence-electron chi connectivity index (χ4n) is 1.72. The van der Waals surface area contributed by atoms with Crippen LogP contribution in [0.2, 0.25) is 0 Å². The van der Waals surface area contributed by atoms with Crippen molar-refractivity contribution >= 4 is 22.0 Å². The molecule has 0 heterocycles. The number of nitrogens with two attached hydrogens (primary N) is 1. The van der Waals surface area contributed by atoms with E-state index in [-0.39, 0.29) is 37.1 Å².